The first-order chi connectivity index (χ1) is 60.6. The van der Waals surface area contributed by atoms with Crippen molar-refractivity contribution in [3.05, 3.63) is 276 Å². The molecule has 3 aromatic carbocycles. The van der Waals surface area contributed by atoms with E-state index in [-0.39, 0.29) is 84.6 Å². The number of aryl methyl sites for hydroxylation is 10. The third-order valence-corrected chi connectivity index (χ3v) is 23.5. The number of fused-ring (bicyclic) bond motifs is 5. The van der Waals surface area contributed by atoms with Gasteiger partial charge < -0.3 is 63.9 Å². The number of aliphatic hydroxyl groups excluding tert-OH is 2. The Hall–Kier alpha value is -9.65. The van der Waals surface area contributed by atoms with Crippen molar-refractivity contribution in [2.45, 2.75) is 276 Å². The lowest BCUT2D eigenvalue weighted by molar-refractivity contribution is -0.120. The number of benzene rings is 3. The number of likely N-dealkylation sites (N-methyl/N-ethyl adjacent to an activating group) is 2. The maximum atomic E-state index is 13.5. The third-order valence-electron chi connectivity index (χ3n) is 23.5. The topological polar surface area (TPSA) is 353 Å². The summed E-state index contributed by atoms with van der Waals surface area (Å²) < 4.78 is 84.9. The maximum absolute atomic E-state index is 13.5. The van der Waals surface area contributed by atoms with Crippen LogP contribution < -0.4 is 38.1 Å². The lowest BCUT2D eigenvalue weighted by atomic mass is 9.89. The molecule has 0 radical (unpaired) electrons. The lowest BCUT2D eigenvalue weighted by Crippen LogP contribution is -2.48. The summed E-state index contributed by atoms with van der Waals surface area (Å²) in [5, 5.41) is 44.9. The SMILES string of the molecule is C=C(C=O)CC.CCc1cnc2c(c1)C(=N)CCC2.CCc1cnc2c(c1)C(=O)CCC2.CCc1cnc2c(c1)C(N)CCC2.CCc1cnc2c(c1)C(NC[C@@H](O)[C@H](Cc1cc(F)cc(F)c1)NC(C)=O)CCC2.CCc1cnc2c(c1)C(NC[C@@H](O)[C@H](Cc1cc(F)cc(F)c1)NC)CCC2.CN[C@@H](Cc1cc(F)cc(F)c1)[C@H]1CO1.Cl.NC1=CC(=O)CCC1.O. The van der Waals surface area contributed by atoms with Crippen LogP contribution in [0, 0.1) is 40.3 Å². The number of aldehydes is 1. The number of aromatic nitrogens is 5. The fourth-order valence-corrected chi connectivity index (χ4v) is 15.9. The molecule has 8 aromatic rings. The summed E-state index contributed by atoms with van der Waals surface area (Å²) in [4.78, 5) is 65.7. The molecule has 0 saturated carbocycles. The fourth-order valence-electron chi connectivity index (χ4n) is 15.9. The van der Waals surface area contributed by atoms with Gasteiger partial charge in [0.25, 0.3) is 0 Å². The van der Waals surface area contributed by atoms with Gasteiger partial charge in [-0.1, -0.05) is 66.3 Å². The number of nitrogens with two attached hydrogens (primary N) is 2. The molecule has 5 aromatic heterocycles. The Morgan fingerprint density at radius 2 is 0.898 bits per heavy atom. The van der Waals surface area contributed by atoms with E-state index in [9.17, 15) is 55.7 Å². The van der Waals surface area contributed by atoms with Crippen molar-refractivity contribution in [2.75, 3.05) is 33.8 Å². The Labute approximate surface area is 757 Å². The number of ketones is 2. The molecule has 6 heterocycles. The van der Waals surface area contributed by atoms with E-state index >= 15 is 0 Å². The maximum Gasteiger partial charge on any atom is 0.217 e. The van der Waals surface area contributed by atoms with E-state index in [1.54, 1.807) is 7.05 Å². The highest BCUT2D eigenvalue weighted by Crippen LogP contribution is 2.33. The molecule has 0 bridgehead atoms. The number of aliphatic hydroxyl groups is 2. The van der Waals surface area contributed by atoms with Gasteiger partial charge in [-0.2, -0.15) is 0 Å². The van der Waals surface area contributed by atoms with Gasteiger partial charge in [-0.3, -0.25) is 44.1 Å². The van der Waals surface area contributed by atoms with Crippen molar-refractivity contribution >= 4 is 41.9 Å². The van der Waals surface area contributed by atoms with E-state index in [2.05, 4.69) is 117 Å². The number of hydrogen-bond donors (Lipinski definition) is 10. The molecule has 3 unspecified atom stereocenters. The van der Waals surface area contributed by atoms with Gasteiger partial charge in [0.2, 0.25) is 5.91 Å². The number of ether oxygens (including phenoxy) is 1. The summed E-state index contributed by atoms with van der Waals surface area (Å²) in [6.45, 7) is 18.6. The molecule has 1 fully saturated rings. The molecule has 21 nitrogen and oxygen atoms in total. The summed E-state index contributed by atoms with van der Waals surface area (Å²) >= 11 is 0. The first-order valence-corrected chi connectivity index (χ1v) is 44.8. The van der Waals surface area contributed by atoms with Crippen LogP contribution in [0.4, 0.5) is 26.3 Å². The fraction of sp³-hybridized carbons (Fsp3) is 0.480. The first kappa shape index (κ1) is 107. The molecule has 9 atom stereocenters. The standard InChI is InChI=1S/C23H29F2N3O2.C22H29F2N3O.C11H13F2NO.C11H16N2.C11H14N2.C11H13NO.C6H9NO.C5H8O.ClH.H2O/c1-3-15-9-19-20(26-12-15)5-4-6-21(19)27-13-23(30)22(28-14(2)29)10-16-7-17(24)11-18(25)8-16;1-3-14-9-18-19(26-12-14)5-4-6-20(18)27-13-22(28)21(25-2)10-15-7-16(23)11-17(24)8-15;1-14-10(11-6-15-11)4-7-2-8(12)5-9(13)3-7;2*1-2-8-6-9-10(12)4-3-5-11(9)13-7-8;1-2-8-6-9-10(12-7-8)4-3-5-11(9)13;7-5-2-1-3-6(8)4-5;1-3-5(2)4-6;;/h7-9,11-12,21-23,27,30H,3-6,10,13H2,1-2H3,(H,28,29);7-9,11-12,20-22,25,27-28H,3-6,10,13H2,1-2H3;2-3,5,10-11,14H,4,6H2,1H3;6-7,10H,2-5,12H2,1H3;6-7,12H,2-5H2,1H3;6-7H,2-5H2,1H3;4H,1-3,7H2;4H,2-3H2,1H3;1H;1H2/t21?,22-,23+;20?,21-,22+;10-,11+;;;;;;;/m000......./s1. The van der Waals surface area contributed by atoms with E-state index in [0.29, 0.717) is 54.5 Å². The van der Waals surface area contributed by atoms with Gasteiger partial charge in [0.15, 0.2) is 11.6 Å². The summed E-state index contributed by atoms with van der Waals surface area (Å²) in [7, 11) is 3.57. The van der Waals surface area contributed by atoms with Gasteiger partial charge in [-0.15, -0.1) is 12.4 Å². The molecule has 696 valence electrons. The molecule has 6 aliphatic carbocycles. The highest BCUT2D eigenvalue weighted by molar-refractivity contribution is 6.00. The van der Waals surface area contributed by atoms with E-state index < -0.39 is 53.2 Å². The van der Waals surface area contributed by atoms with Gasteiger partial charge in [0.05, 0.1) is 36.7 Å². The lowest BCUT2D eigenvalue weighted by Gasteiger charge is -2.29. The van der Waals surface area contributed by atoms with Crippen LogP contribution in [-0.2, 0) is 103 Å². The first-order valence-electron chi connectivity index (χ1n) is 44.8. The largest absolute Gasteiger partial charge is 0.412 e. The van der Waals surface area contributed by atoms with Crippen LogP contribution in [0.1, 0.15) is 262 Å². The van der Waals surface area contributed by atoms with Crippen molar-refractivity contribution in [1.82, 2.24) is 51.5 Å². The second-order valence-electron chi connectivity index (χ2n) is 33.1. The van der Waals surface area contributed by atoms with E-state index in [1.165, 1.54) is 94.9 Å². The van der Waals surface area contributed by atoms with Gasteiger partial charge in [-0.05, 0) is 296 Å². The predicted molar refractivity (Wildman–Crippen MR) is 495 cm³/mol. The minimum atomic E-state index is -0.923. The van der Waals surface area contributed by atoms with Crippen LogP contribution in [0.15, 0.2) is 140 Å². The summed E-state index contributed by atoms with van der Waals surface area (Å²) in [6.07, 6.45) is 34.8. The third kappa shape index (κ3) is 35.0. The highest BCUT2D eigenvalue weighted by atomic mass is 35.5. The average molecular weight is 1800 g/mol. The minimum absolute atomic E-state index is 0. The number of epoxide rings is 1. The van der Waals surface area contributed by atoms with Gasteiger partial charge in [-0.25, -0.2) is 26.3 Å². The number of nitrogens with one attached hydrogen (secondary N) is 6. The number of carbonyl (C=O) groups is 4. The molecule has 1 saturated heterocycles. The van der Waals surface area contributed by atoms with Crippen molar-refractivity contribution in [2.24, 2.45) is 11.5 Å². The number of nitrogens with zero attached hydrogens (tertiary/aromatic N) is 5. The number of amides is 1. The van der Waals surface area contributed by atoms with E-state index in [0.717, 1.165) is 222 Å². The number of pyridine rings is 5. The second-order valence-corrected chi connectivity index (χ2v) is 33.1. The predicted octanol–water partition coefficient (Wildman–Crippen LogP) is 15.4. The van der Waals surface area contributed by atoms with Crippen LogP contribution in [0.2, 0.25) is 0 Å². The van der Waals surface area contributed by atoms with E-state index in [1.807, 2.05) is 51.0 Å². The van der Waals surface area contributed by atoms with Crippen LogP contribution in [0.3, 0.4) is 0 Å². The molecule has 1 aliphatic heterocycles. The molecule has 7 aliphatic rings. The number of hydrogen-bond acceptors (Lipinski definition) is 19. The Morgan fingerprint density at radius 3 is 1.30 bits per heavy atom. The van der Waals surface area contributed by atoms with Crippen LogP contribution in [-0.4, -0.2) is 140 Å². The zero-order valence-corrected chi connectivity index (χ0v) is 76.6. The smallest absolute Gasteiger partial charge is 0.217 e. The number of allylic oxidation sites excluding steroid dienone is 3. The van der Waals surface area contributed by atoms with Gasteiger partial charge in [0, 0.05) is 158 Å². The van der Waals surface area contributed by atoms with Gasteiger partial charge >= 0.3 is 0 Å². The van der Waals surface area contributed by atoms with Crippen molar-refractivity contribution in [3.63, 3.8) is 0 Å². The molecule has 14 N–H and O–H groups in total. The Bertz CT molecular complexity index is 4810. The van der Waals surface area contributed by atoms with Crippen LogP contribution in [0.5, 0.6) is 0 Å². The molecule has 128 heavy (non-hydrogen) atoms. The molecular formula is C100H134ClF6N13O8. The number of rotatable bonds is 25. The zero-order valence-electron chi connectivity index (χ0n) is 75.7. The van der Waals surface area contributed by atoms with Gasteiger partial charge in [0.1, 0.15) is 41.2 Å². The monoisotopic (exact) mass is 1790 g/mol. The van der Waals surface area contributed by atoms with Crippen molar-refractivity contribution in [3.8, 4) is 0 Å². The minimum Gasteiger partial charge on any atom is -0.412 e. The second kappa shape index (κ2) is 55.4. The highest BCUT2D eigenvalue weighted by Gasteiger charge is 2.33. The number of Topliss-reactive ketones (excluding diaryl/α,β-unsaturated/α-hetero) is 1. The molecule has 28 heteroatoms. The molecule has 1 amide bonds. The Balaban J connectivity index is 0.000000236. The normalized spacial score (nSPS) is 17.7. The molecule has 0 spiro atoms. The van der Waals surface area contributed by atoms with E-state index in [4.69, 9.17) is 21.6 Å². The number of halogens is 7. The average Bonchev–Trinajstić information content (AvgIpc) is 1.34. The quantitative estimate of drug-likeness (QED) is 0.0110. The zero-order chi connectivity index (χ0) is 91.4. The summed E-state index contributed by atoms with van der Waals surface area (Å²) in [6, 6.07) is 20.7. The van der Waals surface area contributed by atoms with Crippen molar-refractivity contribution in [1.29, 1.82) is 5.41 Å². The Kier molecular flexibility index (Phi) is 46.4. The van der Waals surface area contributed by atoms with Crippen LogP contribution >= 0.6 is 12.4 Å². The summed E-state index contributed by atoms with van der Waals surface area (Å²) in [5.41, 5.74) is 32.4. The molecular weight excluding hydrogens is 1660 g/mol. The van der Waals surface area contributed by atoms with Crippen molar-refractivity contribution < 1.29 is 65.9 Å². The summed E-state index contributed by atoms with van der Waals surface area (Å²) in [5.74, 6) is -3.50. The Morgan fingerprint density at radius 1 is 0.516 bits per heavy atom. The van der Waals surface area contributed by atoms with Crippen LogP contribution in [0.25, 0.3) is 0 Å². The molecule has 15 rings (SSSR count). The number of carbonyl (C=O) groups excluding carboxylic acids is 4.